The smallest absolute Gasteiger partial charge is 0.129 e. The van der Waals surface area contributed by atoms with E-state index in [1.54, 1.807) is 36.4 Å². The number of para-hydroxylation sites is 4. The third-order valence-electron chi connectivity index (χ3n) is 10.2. The van der Waals surface area contributed by atoms with Crippen LogP contribution in [0.3, 0.4) is 0 Å². The molecule has 54 heavy (non-hydrogen) atoms. The van der Waals surface area contributed by atoms with Crippen LogP contribution in [0.4, 0.5) is 8.78 Å². The van der Waals surface area contributed by atoms with Crippen molar-refractivity contribution in [3.8, 4) is 45.3 Å². The maximum Gasteiger partial charge on any atom is 0.129 e. The number of rotatable bonds is 14. The lowest BCUT2D eigenvalue weighted by Gasteiger charge is -2.33. The quantitative estimate of drug-likeness (QED) is 0.0895. The molecule has 8 heteroatoms. The monoisotopic (exact) mass is 726 g/mol. The molecule has 6 aromatic carbocycles. The average molecular weight is 727 g/mol. The molecule has 1 aliphatic rings. The van der Waals surface area contributed by atoms with Gasteiger partial charge in [-0.1, -0.05) is 122 Å². The fraction of sp³-hybridized carbons (Fsp3) is 0.217. The molecule has 7 rings (SSSR count). The topological polar surface area (TPSA) is 83.0 Å². The second-order valence-corrected chi connectivity index (χ2v) is 13.6. The average Bonchev–Trinajstić information content (AvgIpc) is 3.20. The highest BCUT2D eigenvalue weighted by molar-refractivity contribution is 5.77. The summed E-state index contributed by atoms with van der Waals surface area (Å²) < 4.78 is 40.6. The molecule has 0 spiro atoms. The number of aromatic hydroxyl groups is 2. The van der Waals surface area contributed by atoms with Crippen LogP contribution in [0.25, 0.3) is 22.3 Å². The first-order valence-electron chi connectivity index (χ1n) is 18.5. The van der Waals surface area contributed by atoms with Gasteiger partial charge in [-0.15, -0.1) is 0 Å². The standard InChI is InChI=1S/C46H44F2N2O4/c47-39-21-5-1-13-33(39)29-53-43-25-9-3-17-35(43)37-19-11-15-31(45(37)51)27-49-41-23-7-8-24-42(41)50-28-32-16-12-20-38(46(32)52)36-18-4-10-26-44(36)54-30-34-14-2-6-22-40(34)48/h1-6,9-22,25-26,41-42,49-52H,7-8,23-24,27-30H2/t41-,42?/m0/s1. The van der Waals surface area contributed by atoms with Gasteiger partial charge in [0.05, 0.1) is 0 Å². The van der Waals surface area contributed by atoms with Crippen molar-refractivity contribution in [2.75, 3.05) is 0 Å². The van der Waals surface area contributed by atoms with E-state index in [9.17, 15) is 19.0 Å². The fourth-order valence-corrected chi connectivity index (χ4v) is 7.18. The Morgan fingerprint density at radius 3 is 1.28 bits per heavy atom. The highest BCUT2D eigenvalue weighted by atomic mass is 19.1. The lowest BCUT2D eigenvalue weighted by Crippen LogP contribution is -2.49. The van der Waals surface area contributed by atoms with E-state index in [2.05, 4.69) is 10.6 Å². The minimum Gasteiger partial charge on any atom is -0.507 e. The van der Waals surface area contributed by atoms with Crippen LogP contribution in [-0.4, -0.2) is 22.3 Å². The van der Waals surface area contributed by atoms with E-state index < -0.39 is 0 Å². The minimum absolute atomic E-state index is 0.0720. The number of ether oxygens (including phenoxy) is 2. The molecule has 0 radical (unpaired) electrons. The Morgan fingerprint density at radius 1 is 0.463 bits per heavy atom. The predicted molar refractivity (Wildman–Crippen MR) is 208 cm³/mol. The predicted octanol–water partition coefficient (Wildman–Crippen LogP) is 10.1. The van der Waals surface area contributed by atoms with Gasteiger partial charge in [0.25, 0.3) is 0 Å². The van der Waals surface area contributed by atoms with Gasteiger partial charge in [0.2, 0.25) is 0 Å². The number of benzene rings is 6. The van der Waals surface area contributed by atoms with Crippen molar-refractivity contribution in [2.24, 2.45) is 0 Å². The van der Waals surface area contributed by atoms with Crippen LogP contribution in [0, 0.1) is 11.6 Å². The van der Waals surface area contributed by atoms with Gasteiger partial charge in [0.15, 0.2) is 0 Å². The Bertz CT molecular complexity index is 2040. The van der Waals surface area contributed by atoms with Crippen molar-refractivity contribution in [3.05, 3.63) is 167 Å². The molecule has 2 atom stereocenters. The molecule has 4 N–H and O–H groups in total. The van der Waals surface area contributed by atoms with Crippen LogP contribution in [0.15, 0.2) is 133 Å². The van der Waals surface area contributed by atoms with E-state index in [1.807, 2.05) is 84.9 Å². The van der Waals surface area contributed by atoms with Gasteiger partial charge < -0.3 is 30.3 Å². The Balaban J connectivity index is 1.01. The fourth-order valence-electron chi connectivity index (χ4n) is 7.18. The highest BCUT2D eigenvalue weighted by Gasteiger charge is 2.26. The second kappa shape index (κ2) is 17.4. The summed E-state index contributed by atoms with van der Waals surface area (Å²) >= 11 is 0. The van der Waals surface area contributed by atoms with E-state index >= 15 is 0 Å². The van der Waals surface area contributed by atoms with Gasteiger partial charge in [-0.2, -0.15) is 0 Å². The number of hydrogen-bond donors (Lipinski definition) is 4. The number of phenolic OH excluding ortho intramolecular Hbond substituents is 2. The number of phenols is 2. The first kappa shape index (κ1) is 36.6. The first-order chi connectivity index (χ1) is 26.5. The normalized spacial score (nSPS) is 15.5. The van der Waals surface area contributed by atoms with Crippen LogP contribution in [0.5, 0.6) is 23.0 Å². The van der Waals surface area contributed by atoms with Crippen molar-refractivity contribution < 1.29 is 28.5 Å². The summed E-state index contributed by atoms with van der Waals surface area (Å²) in [4.78, 5) is 0. The van der Waals surface area contributed by atoms with Gasteiger partial charge in [-0.3, -0.25) is 0 Å². The number of hydrogen-bond acceptors (Lipinski definition) is 6. The first-order valence-corrected chi connectivity index (χ1v) is 18.5. The zero-order valence-corrected chi connectivity index (χ0v) is 30.0. The summed E-state index contributed by atoms with van der Waals surface area (Å²) in [6.07, 6.45) is 4.14. The van der Waals surface area contributed by atoms with E-state index in [4.69, 9.17) is 9.47 Å². The van der Waals surface area contributed by atoms with Crippen LogP contribution in [-0.2, 0) is 26.3 Å². The molecule has 6 aromatic rings. The molecule has 0 amide bonds. The third kappa shape index (κ3) is 8.57. The zero-order chi connectivity index (χ0) is 37.3. The van der Waals surface area contributed by atoms with Crippen LogP contribution in [0.1, 0.15) is 47.9 Å². The molecular weight excluding hydrogens is 683 g/mol. The van der Waals surface area contributed by atoms with Gasteiger partial charge in [0, 0.05) is 69.7 Å². The Labute approximate surface area is 315 Å². The number of nitrogens with one attached hydrogen (secondary N) is 2. The van der Waals surface area contributed by atoms with Gasteiger partial charge in [-0.05, 0) is 37.1 Å². The SMILES string of the molecule is Oc1c(CNC2CCCC[C@@H]2NCc2cccc(-c3ccccc3OCc3ccccc3F)c2O)cccc1-c1ccccc1OCc1ccccc1F. The Morgan fingerprint density at radius 2 is 0.833 bits per heavy atom. The molecule has 0 saturated heterocycles. The van der Waals surface area contributed by atoms with E-state index in [-0.39, 0.29) is 48.4 Å². The van der Waals surface area contributed by atoms with E-state index in [0.717, 1.165) is 47.9 Å². The van der Waals surface area contributed by atoms with Gasteiger partial charge in [-0.25, -0.2) is 8.78 Å². The molecule has 1 fully saturated rings. The summed E-state index contributed by atoms with van der Waals surface area (Å²) in [7, 11) is 0. The number of halogens is 2. The second-order valence-electron chi connectivity index (χ2n) is 13.6. The van der Waals surface area contributed by atoms with E-state index in [0.29, 0.717) is 46.8 Å². The zero-order valence-electron chi connectivity index (χ0n) is 30.0. The lowest BCUT2D eigenvalue weighted by molar-refractivity contribution is 0.279. The van der Waals surface area contributed by atoms with Crippen molar-refractivity contribution in [1.29, 1.82) is 0 Å². The Kier molecular flexibility index (Phi) is 11.8. The van der Waals surface area contributed by atoms with Crippen molar-refractivity contribution >= 4 is 0 Å². The molecule has 276 valence electrons. The summed E-state index contributed by atoms with van der Waals surface area (Å²) in [5.74, 6) is 0.821. The van der Waals surface area contributed by atoms with E-state index in [1.165, 1.54) is 12.1 Å². The minimum atomic E-state index is -0.322. The summed E-state index contributed by atoms with van der Waals surface area (Å²) in [5.41, 5.74) is 5.20. The van der Waals surface area contributed by atoms with Crippen molar-refractivity contribution in [2.45, 2.75) is 64.1 Å². The van der Waals surface area contributed by atoms with Crippen LogP contribution < -0.4 is 20.1 Å². The summed E-state index contributed by atoms with van der Waals surface area (Å²) in [6.45, 7) is 1.07. The van der Waals surface area contributed by atoms with Crippen LogP contribution in [0.2, 0.25) is 0 Å². The molecule has 0 heterocycles. The Hall–Kier alpha value is -5.70. The van der Waals surface area contributed by atoms with Crippen molar-refractivity contribution in [3.63, 3.8) is 0 Å². The third-order valence-corrected chi connectivity index (χ3v) is 10.2. The molecule has 0 aromatic heterocycles. The lowest BCUT2D eigenvalue weighted by atomic mass is 9.89. The van der Waals surface area contributed by atoms with Gasteiger partial charge in [0.1, 0.15) is 47.8 Å². The molecule has 6 nitrogen and oxygen atoms in total. The molecule has 1 unspecified atom stereocenters. The molecule has 0 aliphatic heterocycles. The highest BCUT2D eigenvalue weighted by Crippen LogP contribution is 2.40. The maximum absolute atomic E-state index is 14.3. The molecule has 1 aliphatic carbocycles. The van der Waals surface area contributed by atoms with Crippen LogP contribution >= 0.6 is 0 Å². The molecule has 0 bridgehead atoms. The van der Waals surface area contributed by atoms with Gasteiger partial charge >= 0.3 is 0 Å². The summed E-state index contributed by atoms with van der Waals surface area (Å²) in [6, 6.07) is 39.7. The maximum atomic E-state index is 14.3. The largest absolute Gasteiger partial charge is 0.507 e. The molecule has 1 saturated carbocycles. The van der Waals surface area contributed by atoms with Crippen molar-refractivity contribution in [1.82, 2.24) is 10.6 Å². The summed E-state index contributed by atoms with van der Waals surface area (Å²) in [5, 5.41) is 30.4. The molecular formula is C46H44F2N2O4.